The third-order valence-electron chi connectivity index (χ3n) is 3.66. The highest BCUT2D eigenvalue weighted by atomic mass is 32.2. The van der Waals surface area contributed by atoms with E-state index in [-0.39, 0.29) is 11.5 Å². The van der Waals surface area contributed by atoms with Crippen molar-refractivity contribution >= 4 is 16.1 Å². The first kappa shape index (κ1) is 20.8. The van der Waals surface area contributed by atoms with E-state index in [9.17, 15) is 26.7 Å². The highest BCUT2D eigenvalue weighted by Crippen LogP contribution is 2.29. The third-order valence-corrected chi connectivity index (χ3v) is 5.20. The molecule has 1 N–H and O–H groups in total. The molecule has 0 spiro atoms. The van der Waals surface area contributed by atoms with Crippen LogP contribution in [0, 0.1) is 0 Å². The summed E-state index contributed by atoms with van der Waals surface area (Å²) in [5.41, 5.74) is -4.42. The van der Waals surface area contributed by atoms with Crippen molar-refractivity contribution in [3.63, 3.8) is 0 Å². The molecule has 0 heterocycles. The van der Waals surface area contributed by atoms with Gasteiger partial charge in [-0.25, -0.2) is 8.42 Å². The molecule has 0 saturated heterocycles. The zero-order valence-corrected chi connectivity index (χ0v) is 15.2. The average molecular weight is 401 g/mol. The van der Waals surface area contributed by atoms with Crippen molar-refractivity contribution in [3.8, 4) is 11.5 Å². The smallest absolute Gasteiger partial charge is 0.504 e. The van der Waals surface area contributed by atoms with Crippen LogP contribution in [0.2, 0.25) is 0 Å². The van der Waals surface area contributed by atoms with Crippen LogP contribution in [0.1, 0.15) is 11.1 Å². The number of nitrogens with zero attached hydrogens (tertiary/aromatic N) is 1. The molecule has 0 saturated carbocycles. The molecule has 0 aromatic heterocycles. The molecule has 5 nitrogen and oxygen atoms in total. The maximum atomic E-state index is 13.0. The molecule has 0 atom stereocenters. The fourth-order valence-electron chi connectivity index (χ4n) is 2.29. The van der Waals surface area contributed by atoms with E-state index in [1.54, 1.807) is 30.3 Å². The topological polar surface area (TPSA) is 66.8 Å². The lowest BCUT2D eigenvalue weighted by Crippen LogP contribution is -2.40. The van der Waals surface area contributed by atoms with E-state index in [1.807, 2.05) is 0 Å². The van der Waals surface area contributed by atoms with Crippen LogP contribution in [0.3, 0.4) is 0 Å². The first-order valence-corrected chi connectivity index (χ1v) is 9.23. The largest absolute Gasteiger partial charge is 0.511 e. The average Bonchev–Trinajstić information content (AvgIpc) is 2.62. The molecule has 0 aliphatic heterocycles. The van der Waals surface area contributed by atoms with Gasteiger partial charge < -0.3 is 9.84 Å². The van der Waals surface area contributed by atoms with Gasteiger partial charge in [-0.1, -0.05) is 48.6 Å². The van der Waals surface area contributed by atoms with E-state index in [0.717, 1.165) is 0 Å². The fourth-order valence-corrected chi connectivity index (χ4v) is 3.18. The number of hydrogen-bond donors (Lipinski definition) is 1. The Hall–Kier alpha value is -2.52. The molecule has 0 aliphatic rings. The van der Waals surface area contributed by atoms with Crippen molar-refractivity contribution in [3.05, 3.63) is 65.7 Å². The summed E-state index contributed by atoms with van der Waals surface area (Å²) in [5.74, 6) is 0.112. The van der Waals surface area contributed by atoms with E-state index in [4.69, 9.17) is 4.74 Å². The molecule has 0 amide bonds. The van der Waals surface area contributed by atoms with Crippen molar-refractivity contribution in [2.45, 2.75) is 12.1 Å². The number of rotatable bonds is 7. The van der Waals surface area contributed by atoms with E-state index in [2.05, 4.69) is 0 Å². The van der Waals surface area contributed by atoms with Gasteiger partial charge in [0, 0.05) is 13.1 Å². The summed E-state index contributed by atoms with van der Waals surface area (Å²) in [7, 11) is -4.13. The number of sulfonamides is 1. The van der Waals surface area contributed by atoms with Gasteiger partial charge in [0.15, 0.2) is 11.5 Å². The van der Waals surface area contributed by atoms with Gasteiger partial charge in [0.1, 0.15) is 0 Å². The third kappa shape index (κ3) is 5.24. The maximum Gasteiger partial charge on any atom is 0.511 e. The molecule has 27 heavy (non-hydrogen) atoms. The van der Waals surface area contributed by atoms with Gasteiger partial charge in [-0.3, -0.25) is 0 Å². The number of hydrogen-bond acceptors (Lipinski definition) is 4. The van der Waals surface area contributed by atoms with E-state index < -0.39 is 28.6 Å². The van der Waals surface area contributed by atoms with E-state index in [1.165, 1.54) is 37.5 Å². The predicted octanol–water partition coefficient (Wildman–Crippen LogP) is 3.77. The first-order valence-electron chi connectivity index (χ1n) is 7.79. The standard InChI is InChI=1S/C18H18F3NO4S/c1-26-17-12-14(9-10-16(17)23)8-5-11-22(27(24,25)18(19,20)21)13-15-6-3-2-4-7-15/h2-10,12,23H,11,13H2,1H3/b8-5+. The summed E-state index contributed by atoms with van der Waals surface area (Å²) in [5, 5.41) is 9.55. The van der Waals surface area contributed by atoms with Gasteiger partial charge in [0.05, 0.1) is 7.11 Å². The lowest BCUT2D eigenvalue weighted by molar-refractivity contribution is -0.0488. The SMILES string of the molecule is COc1cc(/C=C/CN(Cc2ccccc2)S(=O)(=O)C(F)(F)F)ccc1O. The molecular weight excluding hydrogens is 383 g/mol. The fraction of sp³-hybridized carbons (Fsp3) is 0.222. The van der Waals surface area contributed by atoms with Crippen molar-refractivity contribution in [1.29, 1.82) is 0 Å². The van der Waals surface area contributed by atoms with Crippen LogP contribution in [0.4, 0.5) is 13.2 Å². The second-order valence-electron chi connectivity index (χ2n) is 5.56. The normalized spacial score (nSPS) is 12.6. The predicted molar refractivity (Wildman–Crippen MR) is 95.5 cm³/mol. The van der Waals surface area contributed by atoms with Crippen LogP contribution in [0.15, 0.2) is 54.6 Å². The van der Waals surface area contributed by atoms with Crippen LogP contribution in [0.25, 0.3) is 6.08 Å². The quantitative estimate of drug-likeness (QED) is 0.767. The van der Waals surface area contributed by atoms with Gasteiger partial charge >= 0.3 is 15.5 Å². The summed E-state index contributed by atoms with van der Waals surface area (Å²) < 4.78 is 68.0. The molecule has 0 bridgehead atoms. The highest BCUT2D eigenvalue weighted by molar-refractivity contribution is 7.89. The number of alkyl halides is 3. The second-order valence-corrected chi connectivity index (χ2v) is 7.49. The molecule has 0 aliphatic carbocycles. The Bertz CT molecular complexity index is 897. The van der Waals surface area contributed by atoms with Crippen LogP contribution < -0.4 is 4.74 Å². The molecular formula is C18H18F3NO4S. The molecule has 2 rings (SSSR count). The summed E-state index contributed by atoms with van der Waals surface area (Å²) >= 11 is 0. The Morgan fingerprint density at radius 3 is 2.41 bits per heavy atom. The Morgan fingerprint density at radius 2 is 1.81 bits per heavy atom. The van der Waals surface area contributed by atoms with Crippen LogP contribution in [-0.2, 0) is 16.6 Å². The second kappa shape index (κ2) is 8.45. The minimum atomic E-state index is -5.49. The van der Waals surface area contributed by atoms with Crippen LogP contribution in [0.5, 0.6) is 11.5 Å². The molecule has 2 aromatic carbocycles. The van der Waals surface area contributed by atoms with Crippen molar-refractivity contribution < 1.29 is 31.4 Å². The lowest BCUT2D eigenvalue weighted by atomic mass is 10.2. The van der Waals surface area contributed by atoms with Gasteiger partial charge in [0.2, 0.25) is 0 Å². The zero-order chi connectivity index (χ0) is 20.1. The van der Waals surface area contributed by atoms with Gasteiger partial charge in [-0.2, -0.15) is 17.5 Å². The van der Waals surface area contributed by atoms with Crippen molar-refractivity contribution in [1.82, 2.24) is 4.31 Å². The maximum absolute atomic E-state index is 13.0. The Kier molecular flexibility index (Phi) is 6.50. The minimum Gasteiger partial charge on any atom is -0.504 e. The number of aromatic hydroxyl groups is 1. The van der Waals surface area contributed by atoms with Gasteiger partial charge in [-0.15, -0.1) is 0 Å². The van der Waals surface area contributed by atoms with Crippen molar-refractivity contribution in [2.75, 3.05) is 13.7 Å². The first-order chi connectivity index (χ1) is 12.6. The number of halogens is 3. The van der Waals surface area contributed by atoms with Crippen molar-refractivity contribution in [2.24, 2.45) is 0 Å². The highest BCUT2D eigenvalue weighted by Gasteiger charge is 2.49. The summed E-state index contributed by atoms with van der Waals surface area (Å²) in [4.78, 5) is 0. The monoisotopic (exact) mass is 401 g/mol. The summed E-state index contributed by atoms with van der Waals surface area (Å²) in [6.07, 6.45) is 2.75. The number of phenols is 1. The molecule has 146 valence electrons. The van der Waals surface area contributed by atoms with E-state index >= 15 is 0 Å². The molecule has 0 radical (unpaired) electrons. The Labute approximate surface area is 155 Å². The summed E-state index contributed by atoms with van der Waals surface area (Å²) in [6.45, 7) is -0.883. The zero-order valence-electron chi connectivity index (χ0n) is 14.3. The molecule has 9 heteroatoms. The Balaban J connectivity index is 2.24. The Morgan fingerprint density at radius 1 is 1.15 bits per heavy atom. The van der Waals surface area contributed by atoms with Crippen LogP contribution in [-0.4, -0.2) is 37.0 Å². The number of benzene rings is 2. The number of methoxy groups -OCH3 is 1. The molecule has 0 unspecified atom stereocenters. The van der Waals surface area contributed by atoms with Crippen LogP contribution >= 0.6 is 0 Å². The minimum absolute atomic E-state index is 0.0833. The molecule has 0 fully saturated rings. The van der Waals surface area contributed by atoms with E-state index in [0.29, 0.717) is 15.4 Å². The lowest BCUT2D eigenvalue weighted by Gasteiger charge is -2.22. The number of ether oxygens (including phenoxy) is 1. The summed E-state index contributed by atoms with van der Waals surface area (Å²) in [6, 6.07) is 12.4. The number of phenolic OH excluding ortho intramolecular Hbond substituents is 1. The van der Waals surface area contributed by atoms with Gasteiger partial charge in [0.25, 0.3) is 0 Å². The molecule has 2 aromatic rings. The van der Waals surface area contributed by atoms with Gasteiger partial charge in [-0.05, 0) is 23.3 Å².